The number of carboxylic acids is 1. The summed E-state index contributed by atoms with van der Waals surface area (Å²) in [6.45, 7) is 7.37. The number of carbonyl (C=O) groups is 1. The third kappa shape index (κ3) is 3.15. The largest absolute Gasteiger partial charge is 0.480 e. The minimum absolute atomic E-state index is 0.368. The topological polar surface area (TPSA) is 61.8 Å². The summed E-state index contributed by atoms with van der Waals surface area (Å²) in [4.78, 5) is 14.2. The maximum Gasteiger partial charge on any atom is 0.323 e. The lowest BCUT2D eigenvalue weighted by Crippen LogP contribution is -2.60. The Morgan fingerprint density at radius 1 is 1.50 bits per heavy atom. The molecule has 0 aromatic heterocycles. The van der Waals surface area contributed by atoms with Crippen LogP contribution in [0.1, 0.15) is 46.0 Å². The Morgan fingerprint density at radius 2 is 2.30 bits per heavy atom. The van der Waals surface area contributed by atoms with Crippen LogP contribution in [0.4, 0.5) is 0 Å². The molecule has 2 N–H and O–H groups in total. The van der Waals surface area contributed by atoms with Gasteiger partial charge in [0.25, 0.3) is 0 Å². The Labute approximate surface area is 121 Å². The van der Waals surface area contributed by atoms with Crippen LogP contribution >= 0.6 is 0 Å². The van der Waals surface area contributed by atoms with Crippen LogP contribution in [-0.4, -0.2) is 59.9 Å². The van der Waals surface area contributed by atoms with Crippen molar-refractivity contribution in [1.29, 1.82) is 0 Å². The quantitative estimate of drug-likeness (QED) is 0.800. The number of nitrogens with one attached hydrogen (secondary N) is 1. The van der Waals surface area contributed by atoms with Gasteiger partial charge in [-0.1, -0.05) is 13.8 Å². The van der Waals surface area contributed by atoms with E-state index in [1.165, 1.54) is 0 Å². The summed E-state index contributed by atoms with van der Waals surface area (Å²) in [5, 5.41) is 12.9. The van der Waals surface area contributed by atoms with Gasteiger partial charge in [-0.15, -0.1) is 0 Å². The molecule has 0 amide bonds. The standard InChI is InChI=1S/C15H28N2O3/c1-3-12-11-20-9-8-17(12)13-6-5-7-15(10-13,14(18)19)16-4-2/h12-13,16H,3-11H2,1-2H3,(H,18,19). The second-order valence-electron chi connectivity index (χ2n) is 6.04. The number of hydrogen-bond donors (Lipinski definition) is 2. The van der Waals surface area contributed by atoms with Crippen molar-refractivity contribution in [3.63, 3.8) is 0 Å². The van der Waals surface area contributed by atoms with Crippen LogP contribution in [0.5, 0.6) is 0 Å². The smallest absolute Gasteiger partial charge is 0.323 e. The van der Waals surface area contributed by atoms with Gasteiger partial charge in [-0.2, -0.15) is 0 Å². The number of nitrogens with zero attached hydrogens (tertiary/aromatic N) is 1. The van der Waals surface area contributed by atoms with E-state index in [1.54, 1.807) is 0 Å². The molecule has 1 aliphatic carbocycles. The average Bonchev–Trinajstić information content (AvgIpc) is 2.47. The third-order valence-corrected chi connectivity index (χ3v) is 4.86. The van der Waals surface area contributed by atoms with Crippen LogP contribution in [0, 0.1) is 0 Å². The molecule has 0 spiro atoms. The van der Waals surface area contributed by atoms with Gasteiger partial charge in [0, 0.05) is 18.6 Å². The van der Waals surface area contributed by atoms with Gasteiger partial charge in [0.15, 0.2) is 0 Å². The third-order valence-electron chi connectivity index (χ3n) is 4.86. The zero-order valence-corrected chi connectivity index (χ0v) is 12.7. The van der Waals surface area contributed by atoms with Gasteiger partial charge in [-0.25, -0.2) is 0 Å². The molecule has 0 radical (unpaired) electrons. The normalized spacial score (nSPS) is 35.9. The lowest BCUT2D eigenvalue weighted by molar-refractivity contribution is -0.148. The van der Waals surface area contributed by atoms with E-state index in [4.69, 9.17) is 4.74 Å². The van der Waals surface area contributed by atoms with Crippen LogP contribution in [0.3, 0.4) is 0 Å². The van der Waals surface area contributed by atoms with Crippen molar-refractivity contribution < 1.29 is 14.6 Å². The fourth-order valence-electron chi connectivity index (χ4n) is 3.80. The summed E-state index contributed by atoms with van der Waals surface area (Å²) in [5.41, 5.74) is -0.728. The highest BCUT2D eigenvalue weighted by Crippen LogP contribution is 2.33. The van der Waals surface area contributed by atoms with Crippen LogP contribution in [0.15, 0.2) is 0 Å². The SMILES string of the molecule is CCNC1(C(=O)O)CCCC(N2CCOCC2CC)C1. The summed E-state index contributed by atoms with van der Waals surface area (Å²) in [5.74, 6) is -0.689. The van der Waals surface area contributed by atoms with Crippen LogP contribution < -0.4 is 5.32 Å². The molecule has 20 heavy (non-hydrogen) atoms. The molecule has 1 saturated heterocycles. The van der Waals surface area contributed by atoms with Crippen molar-refractivity contribution in [2.45, 2.75) is 63.6 Å². The first-order valence-corrected chi connectivity index (χ1v) is 7.95. The van der Waals surface area contributed by atoms with Crippen LogP contribution in [-0.2, 0) is 9.53 Å². The molecule has 5 nitrogen and oxygen atoms in total. The molecular formula is C15H28N2O3. The number of rotatable bonds is 5. The Morgan fingerprint density at radius 3 is 2.95 bits per heavy atom. The maximum absolute atomic E-state index is 11.7. The molecule has 0 aromatic rings. The van der Waals surface area contributed by atoms with Crippen molar-refractivity contribution in [2.24, 2.45) is 0 Å². The minimum Gasteiger partial charge on any atom is -0.480 e. The van der Waals surface area contributed by atoms with Crippen molar-refractivity contribution >= 4 is 5.97 Å². The van der Waals surface area contributed by atoms with Gasteiger partial charge < -0.3 is 15.2 Å². The van der Waals surface area contributed by atoms with Gasteiger partial charge in [-0.05, 0) is 38.6 Å². The number of hydrogen-bond acceptors (Lipinski definition) is 4. The zero-order chi connectivity index (χ0) is 14.6. The molecule has 1 saturated carbocycles. The molecule has 3 unspecified atom stereocenters. The fourth-order valence-corrected chi connectivity index (χ4v) is 3.80. The predicted molar refractivity (Wildman–Crippen MR) is 77.9 cm³/mol. The van der Waals surface area contributed by atoms with Gasteiger partial charge in [0.1, 0.15) is 5.54 Å². The van der Waals surface area contributed by atoms with Gasteiger partial charge in [-0.3, -0.25) is 9.69 Å². The number of aliphatic carboxylic acids is 1. The first-order chi connectivity index (χ1) is 9.63. The Hall–Kier alpha value is -0.650. The molecule has 0 aromatic carbocycles. The molecule has 2 fully saturated rings. The molecule has 1 aliphatic heterocycles. The maximum atomic E-state index is 11.7. The second kappa shape index (κ2) is 6.87. The van der Waals surface area contributed by atoms with Crippen LogP contribution in [0.2, 0.25) is 0 Å². The van der Waals surface area contributed by atoms with E-state index >= 15 is 0 Å². The molecule has 3 atom stereocenters. The summed E-state index contributed by atoms with van der Waals surface area (Å²) in [7, 11) is 0. The zero-order valence-electron chi connectivity index (χ0n) is 12.7. The van der Waals surface area contributed by atoms with Gasteiger partial charge in [0.2, 0.25) is 0 Å². The van der Waals surface area contributed by atoms with E-state index in [1.807, 2.05) is 6.92 Å². The van der Waals surface area contributed by atoms with E-state index in [-0.39, 0.29) is 0 Å². The summed E-state index contributed by atoms with van der Waals surface area (Å²) >= 11 is 0. The summed E-state index contributed by atoms with van der Waals surface area (Å²) < 4.78 is 5.57. The first kappa shape index (κ1) is 15.7. The number of carboxylic acid groups (broad SMARTS) is 1. The molecular weight excluding hydrogens is 256 g/mol. The van der Waals surface area contributed by atoms with Crippen molar-refractivity contribution in [3.05, 3.63) is 0 Å². The van der Waals surface area contributed by atoms with Crippen molar-refractivity contribution in [1.82, 2.24) is 10.2 Å². The lowest BCUT2D eigenvalue weighted by atomic mass is 9.77. The number of morpholine rings is 1. The van der Waals surface area contributed by atoms with Crippen molar-refractivity contribution in [3.8, 4) is 0 Å². The first-order valence-electron chi connectivity index (χ1n) is 7.95. The highest BCUT2D eigenvalue weighted by Gasteiger charge is 2.44. The number of likely N-dealkylation sites (N-methyl/N-ethyl adjacent to an activating group) is 1. The average molecular weight is 284 g/mol. The summed E-state index contributed by atoms with van der Waals surface area (Å²) in [6, 6.07) is 0.813. The van der Waals surface area contributed by atoms with Crippen LogP contribution in [0.25, 0.3) is 0 Å². The highest BCUT2D eigenvalue weighted by molar-refractivity contribution is 5.79. The fraction of sp³-hybridized carbons (Fsp3) is 0.933. The monoisotopic (exact) mass is 284 g/mol. The van der Waals surface area contributed by atoms with Gasteiger partial charge in [0.05, 0.1) is 13.2 Å². The Kier molecular flexibility index (Phi) is 5.41. The van der Waals surface area contributed by atoms with Gasteiger partial charge >= 0.3 is 5.97 Å². The Balaban J connectivity index is 2.10. The molecule has 1 heterocycles. The summed E-state index contributed by atoms with van der Waals surface area (Å²) in [6.07, 6.45) is 4.62. The lowest BCUT2D eigenvalue weighted by Gasteiger charge is -2.47. The van der Waals surface area contributed by atoms with E-state index < -0.39 is 11.5 Å². The number of ether oxygens (including phenoxy) is 1. The van der Waals surface area contributed by atoms with Crippen molar-refractivity contribution in [2.75, 3.05) is 26.3 Å². The predicted octanol–water partition coefficient (Wildman–Crippen LogP) is 1.47. The molecule has 5 heteroatoms. The van der Waals surface area contributed by atoms with E-state index in [9.17, 15) is 9.90 Å². The van der Waals surface area contributed by atoms with E-state index in [0.717, 1.165) is 45.4 Å². The molecule has 2 aliphatic rings. The van der Waals surface area contributed by atoms with E-state index in [2.05, 4.69) is 17.1 Å². The Bertz CT molecular complexity index is 333. The second-order valence-corrected chi connectivity index (χ2v) is 6.04. The molecule has 116 valence electrons. The molecule has 0 bridgehead atoms. The minimum atomic E-state index is -0.728. The molecule has 2 rings (SSSR count). The highest BCUT2D eigenvalue weighted by atomic mass is 16.5. The van der Waals surface area contributed by atoms with E-state index in [0.29, 0.717) is 25.0 Å².